The van der Waals surface area contributed by atoms with Gasteiger partial charge in [0.05, 0.1) is 38.0 Å². The van der Waals surface area contributed by atoms with Crippen LogP contribution >= 0.6 is 0 Å². The predicted octanol–water partition coefficient (Wildman–Crippen LogP) is 4.62. The van der Waals surface area contributed by atoms with E-state index in [0.29, 0.717) is 28.5 Å². The van der Waals surface area contributed by atoms with E-state index >= 15 is 0 Å². The maximum Gasteiger partial charge on any atom is 0.261 e. The summed E-state index contributed by atoms with van der Waals surface area (Å²) in [7, 11) is 0.762. The van der Waals surface area contributed by atoms with E-state index in [2.05, 4.69) is 10.0 Å². The van der Waals surface area contributed by atoms with Gasteiger partial charge in [-0.05, 0) is 79.9 Å². The average Bonchev–Trinajstić information content (AvgIpc) is 2.85. The number of hydrogen-bond donors (Lipinski definition) is 2. The van der Waals surface area contributed by atoms with Gasteiger partial charge >= 0.3 is 0 Å². The van der Waals surface area contributed by atoms with Crippen LogP contribution in [-0.2, 0) is 10.0 Å². The Kier molecular flexibility index (Phi) is 7.91. The lowest BCUT2D eigenvalue weighted by Crippen LogP contribution is -2.26. The highest BCUT2D eigenvalue weighted by Gasteiger charge is 2.20. The molecule has 0 aliphatic heterocycles. The van der Waals surface area contributed by atoms with Crippen molar-refractivity contribution in [2.45, 2.75) is 31.7 Å². The number of anilines is 1. The molecule has 186 valence electrons. The number of carbonyl (C=O) groups excluding carboxylic acids is 1. The van der Waals surface area contributed by atoms with Crippen LogP contribution in [0.2, 0.25) is 0 Å². The van der Waals surface area contributed by atoms with Crippen LogP contribution in [0.5, 0.6) is 17.2 Å². The maximum atomic E-state index is 12.8. The van der Waals surface area contributed by atoms with Gasteiger partial charge in [-0.1, -0.05) is 12.1 Å². The van der Waals surface area contributed by atoms with Crippen LogP contribution in [0, 0.1) is 13.8 Å². The Morgan fingerprint density at radius 3 is 2.03 bits per heavy atom. The molecule has 2 N–H and O–H groups in total. The molecule has 0 aliphatic rings. The Morgan fingerprint density at radius 2 is 1.49 bits per heavy atom. The molecule has 35 heavy (non-hydrogen) atoms. The Morgan fingerprint density at radius 1 is 0.886 bits per heavy atom. The molecule has 0 radical (unpaired) electrons. The van der Waals surface area contributed by atoms with Crippen LogP contribution in [-0.4, -0.2) is 35.7 Å². The number of nitrogens with one attached hydrogen (secondary N) is 2. The van der Waals surface area contributed by atoms with E-state index in [0.717, 1.165) is 16.7 Å². The fourth-order valence-corrected chi connectivity index (χ4v) is 4.69. The van der Waals surface area contributed by atoms with Crippen molar-refractivity contribution >= 4 is 21.6 Å². The highest BCUT2D eigenvalue weighted by atomic mass is 32.2. The van der Waals surface area contributed by atoms with Crippen LogP contribution in [0.3, 0.4) is 0 Å². The summed E-state index contributed by atoms with van der Waals surface area (Å²) in [6.45, 7) is 5.60. The lowest BCUT2D eigenvalue weighted by Gasteiger charge is -2.19. The van der Waals surface area contributed by atoms with Crippen molar-refractivity contribution in [3.63, 3.8) is 0 Å². The van der Waals surface area contributed by atoms with Crippen LogP contribution in [0.4, 0.5) is 5.69 Å². The summed E-state index contributed by atoms with van der Waals surface area (Å²) in [4.78, 5) is 12.9. The highest BCUT2D eigenvalue weighted by Crippen LogP contribution is 2.39. The summed E-state index contributed by atoms with van der Waals surface area (Å²) in [5.74, 6) is 1.07. The van der Waals surface area contributed by atoms with E-state index in [9.17, 15) is 13.2 Å². The standard InChI is InChI=1S/C26H30N2O6S/c1-16-8-7-9-22(17(16)2)28-35(30,31)21-12-10-19(11-13-21)26(29)27-18(3)20-14-23(32-4)25(34-6)24(15-20)33-5/h7-15,18,28H,1-6H3,(H,27,29). The first kappa shape index (κ1) is 25.9. The molecule has 3 rings (SSSR count). The van der Waals surface area contributed by atoms with E-state index in [4.69, 9.17) is 14.2 Å². The quantitative estimate of drug-likeness (QED) is 0.446. The van der Waals surface area contributed by atoms with Gasteiger partial charge in [0.1, 0.15) is 0 Å². The Hall–Kier alpha value is -3.72. The van der Waals surface area contributed by atoms with Crippen LogP contribution < -0.4 is 24.2 Å². The van der Waals surface area contributed by atoms with E-state index in [1.807, 2.05) is 26.8 Å². The summed E-state index contributed by atoms with van der Waals surface area (Å²) in [6, 6.07) is 14.4. The van der Waals surface area contributed by atoms with E-state index < -0.39 is 10.0 Å². The van der Waals surface area contributed by atoms with Crippen molar-refractivity contribution in [3.05, 3.63) is 76.9 Å². The number of methoxy groups -OCH3 is 3. The Labute approximate surface area is 206 Å². The zero-order valence-corrected chi connectivity index (χ0v) is 21.4. The van der Waals surface area contributed by atoms with Crippen LogP contribution in [0.1, 0.15) is 40.0 Å². The Bertz CT molecular complexity index is 1300. The molecule has 0 saturated carbocycles. The molecule has 3 aromatic carbocycles. The first-order valence-corrected chi connectivity index (χ1v) is 12.4. The molecule has 0 aliphatic carbocycles. The topological polar surface area (TPSA) is 103 Å². The van der Waals surface area contributed by atoms with Gasteiger partial charge in [0.2, 0.25) is 5.75 Å². The third-order valence-corrected chi connectivity index (χ3v) is 7.19. The van der Waals surface area contributed by atoms with Gasteiger partial charge in [-0.25, -0.2) is 8.42 Å². The zero-order valence-electron chi connectivity index (χ0n) is 20.6. The number of ether oxygens (including phenoxy) is 3. The normalized spacial score (nSPS) is 11.9. The molecule has 0 spiro atoms. The van der Waals surface area contributed by atoms with Gasteiger partial charge in [-0.15, -0.1) is 0 Å². The Balaban J connectivity index is 1.76. The number of rotatable bonds is 9. The first-order chi connectivity index (χ1) is 16.6. The smallest absolute Gasteiger partial charge is 0.261 e. The summed E-state index contributed by atoms with van der Waals surface area (Å²) < 4.78 is 44.4. The SMILES string of the molecule is COc1cc(C(C)NC(=O)c2ccc(S(=O)(=O)Nc3cccc(C)c3C)cc2)cc(OC)c1OC. The summed E-state index contributed by atoms with van der Waals surface area (Å²) >= 11 is 0. The van der Waals surface area contributed by atoms with Crippen molar-refractivity contribution in [2.24, 2.45) is 0 Å². The lowest BCUT2D eigenvalue weighted by atomic mass is 10.1. The van der Waals surface area contributed by atoms with Crippen molar-refractivity contribution in [1.82, 2.24) is 5.32 Å². The monoisotopic (exact) mass is 498 g/mol. The summed E-state index contributed by atoms with van der Waals surface area (Å²) in [5, 5.41) is 2.91. The fourth-order valence-electron chi connectivity index (χ4n) is 3.57. The molecular weight excluding hydrogens is 468 g/mol. The number of benzene rings is 3. The van der Waals surface area contributed by atoms with Gasteiger partial charge < -0.3 is 19.5 Å². The summed E-state index contributed by atoms with van der Waals surface area (Å²) in [6.07, 6.45) is 0. The second-order valence-electron chi connectivity index (χ2n) is 8.03. The molecule has 1 unspecified atom stereocenters. The maximum absolute atomic E-state index is 12.8. The van der Waals surface area contributed by atoms with Gasteiger partial charge in [0.15, 0.2) is 11.5 Å². The zero-order chi connectivity index (χ0) is 25.8. The van der Waals surface area contributed by atoms with E-state index in [1.165, 1.54) is 45.6 Å². The molecule has 1 atom stereocenters. The molecule has 0 heterocycles. The molecular formula is C26H30N2O6S. The molecule has 9 heteroatoms. The van der Waals surface area contributed by atoms with Crippen molar-refractivity contribution < 1.29 is 27.4 Å². The van der Waals surface area contributed by atoms with Crippen LogP contribution in [0.15, 0.2) is 59.5 Å². The fraction of sp³-hybridized carbons (Fsp3) is 0.269. The molecule has 1 amide bonds. The molecule has 0 saturated heterocycles. The number of carbonyl (C=O) groups is 1. The van der Waals surface area contributed by atoms with Crippen molar-refractivity contribution in [1.29, 1.82) is 0 Å². The second-order valence-corrected chi connectivity index (χ2v) is 9.71. The molecule has 0 fully saturated rings. The largest absolute Gasteiger partial charge is 0.493 e. The lowest BCUT2D eigenvalue weighted by molar-refractivity contribution is 0.0939. The number of sulfonamides is 1. The molecule has 8 nitrogen and oxygen atoms in total. The molecule has 3 aromatic rings. The minimum Gasteiger partial charge on any atom is -0.493 e. The average molecular weight is 499 g/mol. The molecule has 0 bridgehead atoms. The van der Waals surface area contributed by atoms with E-state index in [-0.39, 0.29) is 16.8 Å². The predicted molar refractivity (Wildman–Crippen MR) is 135 cm³/mol. The minimum absolute atomic E-state index is 0.0626. The number of hydrogen-bond acceptors (Lipinski definition) is 6. The van der Waals surface area contributed by atoms with Crippen molar-refractivity contribution in [3.8, 4) is 17.2 Å². The highest BCUT2D eigenvalue weighted by molar-refractivity contribution is 7.92. The van der Waals surface area contributed by atoms with Gasteiger partial charge in [-0.3, -0.25) is 9.52 Å². The molecule has 0 aromatic heterocycles. The van der Waals surface area contributed by atoms with Crippen LogP contribution in [0.25, 0.3) is 0 Å². The summed E-state index contributed by atoms with van der Waals surface area (Å²) in [5.41, 5.74) is 3.44. The number of aryl methyl sites for hydroxylation is 1. The van der Waals surface area contributed by atoms with Gasteiger partial charge in [-0.2, -0.15) is 0 Å². The first-order valence-electron chi connectivity index (χ1n) is 10.9. The third kappa shape index (κ3) is 5.68. The number of amides is 1. The van der Waals surface area contributed by atoms with Crippen molar-refractivity contribution in [2.75, 3.05) is 26.1 Å². The van der Waals surface area contributed by atoms with Gasteiger partial charge in [0.25, 0.3) is 15.9 Å². The minimum atomic E-state index is -3.80. The second kappa shape index (κ2) is 10.7. The third-order valence-electron chi connectivity index (χ3n) is 5.81. The van der Waals surface area contributed by atoms with E-state index in [1.54, 1.807) is 24.3 Å². The van der Waals surface area contributed by atoms with Gasteiger partial charge in [0, 0.05) is 5.56 Å².